The van der Waals surface area contributed by atoms with E-state index in [1.165, 1.54) is 44.2 Å². The van der Waals surface area contributed by atoms with Crippen LogP contribution >= 0.6 is 15.9 Å². The fourth-order valence-corrected chi connectivity index (χ4v) is 2.63. The van der Waals surface area contributed by atoms with Crippen molar-refractivity contribution in [3.8, 4) is 0 Å². The van der Waals surface area contributed by atoms with Gasteiger partial charge in [-0.3, -0.25) is 0 Å². The minimum atomic E-state index is 0.880. The predicted octanol–water partition coefficient (Wildman–Crippen LogP) is 3.97. The van der Waals surface area contributed by atoms with Gasteiger partial charge in [0, 0.05) is 5.69 Å². The number of hydrogen-bond donors (Lipinski definition) is 0. The summed E-state index contributed by atoms with van der Waals surface area (Å²) in [6.07, 6.45) is 8.22. The van der Waals surface area contributed by atoms with Gasteiger partial charge in [0.2, 0.25) is 0 Å². The van der Waals surface area contributed by atoms with E-state index in [-0.39, 0.29) is 0 Å². The molecule has 1 aliphatic rings. The molecule has 1 aromatic heterocycles. The Bertz CT molecular complexity index is 292. The van der Waals surface area contributed by atoms with Gasteiger partial charge in [0.05, 0.1) is 0 Å². The number of hydrogen-bond acceptors (Lipinski definition) is 1. The van der Waals surface area contributed by atoms with Gasteiger partial charge < -0.3 is 0 Å². The van der Waals surface area contributed by atoms with Crippen LogP contribution < -0.4 is 0 Å². The van der Waals surface area contributed by atoms with Crippen LogP contribution in [0.2, 0.25) is 0 Å². The van der Waals surface area contributed by atoms with E-state index in [0.717, 1.165) is 10.5 Å². The summed E-state index contributed by atoms with van der Waals surface area (Å²) in [6.45, 7) is 0. The quantitative estimate of drug-likeness (QED) is 0.728. The average Bonchev–Trinajstić information content (AvgIpc) is 2.19. The van der Waals surface area contributed by atoms with E-state index in [2.05, 4.69) is 33.0 Å². The molecule has 0 unspecified atom stereocenters. The van der Waals surface area contributed by atoms with Crippen LogP contribution in [0.25, 0.3) is 0 Å². The third kappa shape index (κ3) is 2.81. The first-order chi connectivity index (χ1) is 6.84. The Morgan fingerprint density at radius 1 is 1.21 bits per heavy atom. The maximum Gasteiger partial charge on any atom is 0.106 e. The number of aromatic nitrogens is 1. The summed E-state index contributed by atoms with van der Waals surface area (Å²) in [5.74, 6) is 0.880. The van der Waals surface area contributed by atoms with Crippen molar-refractivity contribution in [3.05, 3.63) is 28.5 Å². The molecule has 0 aliphatic heterocycles. The van der Waals surface area contributed by atoms with Crippen LogP contribution in [-0.4, -0.2) is 4.98 Å². The molecule has 0 N–H and O–H groups in total. The Hall–Kier alpha value is -0.370. The summed E-state index contributed by atoms with van der Waals surface area (Å²) in [5.41, 5.74) is 1.24. The molecule has 0 bridgehead atoms. The van der Waals surface area contributed by atoms with Crippen molar-refractivity contribution in [1.29, 1.82) is 0 Å². The molecule has 76 valence electrons. The second-order valence-corrected chi connectivity index (χ2v) is 4.97. The third-order valence-corrected chi connectivity index (χ3v) is 3.44. The zero-order chi connectivity index (χ0) is 9.80. The summed E-state index contributed by atoms with van der Waals surface area (Å²) >= 11 is 3.42. The zero-order valence-electron chi connectivity index (χ0n) is 8.38. The molecule has 1 saturated carbocycles. The number of halogens is 1. The fourth-order valence-electron chi connectivity index (χ4n) is 2.25. The van der Waals surface area contributed by atoms with Crippen molar-refractivity contribution >= 4 is 15.9 Å². The molecule has 1 heterocycles. The van der Waals surface area contributed by atoms with Crippen LogP contribution in [0.15, 0.2) is 22.8 Å². The lowest BCUT2D eigenvalue weighted by molar-refractivity contribution is 0.354. The average molecular weight is 254 g/mol. The minimum Gasteiger partial charge on any atom is -0.246 e. The SMILES string of the molecule is Brc1cccc(CC2CCCCC2)n1. The Morgan fingerprint density at radius 3 is 2.71 bits per heavy atom. The molecule has 0 saturated heterocycles. The van der Waals surface area contributed by atoms with E-state index < -0.39 is 0 Å². The molecule has 1 nitrogen and oxygen atoms in total. The highest BCUT2D eigenvalue weighted by Gasteiger charge is 2.14. The van der Waals surface area contributed by atoms with Gasteiger partial charge in [-0.05, 0) is 40.4 Å². The number of nitrogens with zero attached hydrogens (tertiary/aromatic N) is 1. The monoisotopic (exact) mass is 253 g/mol. The lowest BCUT2D eigenvalue weighted by Gasteiger charge is -2.20. The predicted molar refractivity (Wildman–Crippen MR) is 62.2 cm³/mol. The fraction of sp³-hybridized carbons (Fsp3) is 0.583. The van der Waals surface area contributed by atoms with Gasteiger partial charge in [-0.2, -0.15) is 0 Å². The van der Waals surface area contributed by atoms with E-state index in [9.17, 15) is 0 Å². The first kappa shape index (κ1) is 10.2. The molecule has 2 heteroatoms. The molecule has 0 atom stereocenters. The largest absolute Gasteiger partial charge is 0.246 e. The van der Waals surface area contributed by atoms with Crippen molar-refractivity contribution in [2.75, 3.05) is 0 Å². The van der Waals surface area contributed by atoms with E-state index in [0.29, 0.717) is 0 Å². The van der Waals surface area contributed by atoms with Crippen molar-refractivity contribution in [1.82, 2.24) is 4.98 Å². The van der Waals surface area contributed by atoms with E-state index in [1.54, 1.807) is 0 Å². The summed E-state index contributed by atoms with van der Waals surface area (Å²) in [7, 11) is 0. The van der Waals surface area contributed by atoms with Gasteiger partial charge >= 0.3 is 0 Å². The summed E-state index contributed by atoms with van der Waals surface area (Å²) in [5, 5.41) is 0. The zero-order valence-corrected chi connectivity index (χ0v) is 9.96. The topological polar surface area (TPSA) is 12.9 Å². The molecular weight excluding hydrogens is 238 g/mol. The molecule has 1 aromatic rings. The van der Waals surface area contributed by atoms with Crippen molar-refractivity contribution in [3.63, 3.8) is 0 Å². The normalized spacial score (nSPS) is 18.4. The Morgan fingerprint density at radius 2 is 2.00 bits per heavy atom. The molecule has 0 aromatic carbocycles. The van der Waals surface area contributed by atoms with Crippen LogP contribution in [0.4, 0.5) is 0 Å². The Kier molecular flexibility index (Phi) is 3.57. The first-order valence-corrected chi connectivity index (χ1v) is 6.25. The van der Waals surface area contributed by atoms with Crippen LogP contribution in [0.1, 0.15) is 37.8 Å². The number of pyridine rings is 1. The highest BCUT2D eigenvalue weighted by atomic mass is 79.9. The molecule has 14 heavy (non-hydrogen) atoms. The highest BCUT2D eigenvalue weighted by Crippen LogP contribution is 2.26. The smallest absolute Gasteiger partial charge is 0.106 e. The van der Waals surface area contributed by atoms with Crippen molar-refractivity contribution in [2.45, 2.75) is 38.5 Å². The first-order valence-electron chi connectivity index (χ1n) is 5.46. The molecule has 1 fully saturated rings. The Labute approximate surface area is 94.1 Å². The van der Waals surface area contributed by atoms with Crippen molar-refractivity contribution < 1.29 is 0 Å². The van der Waals surface area contributed by atoms with Gasteiger partial charge in [0.1, 0.15) is 4.60 Å². The molecule has 2 rings (SSSR count). The Balaban J connectivity index is 1.95. The molecule has 0 radical (unpaired) electrons. The van der Waals surface area contributed by atoms with Crippen LogP contribution in [0, 0.1) is 5.92 Å². The van der Waals surface area contributed by atoms with Crippen LogP contribution in [0.5, 0.6) is 0 Å². The standard InChI is InChI=1S/C12H16BrN/c13-12-8-4-7-11(14-12)9-10-5-2-1-3-6-10/h4,7-8,10H,1-3,5-6,9H2. The number of rotatable bonds is 2. The van der Waals surface area contributed by atoms with Gasteiger partial charge in [0.15, 0.2) is 0 Å². The lowest BCUT2D eigenvalue weighted by Crippen LogP contribution is -2.10. The van der Waals surface area contributed by atoms with Crippen LogP contribution in [-0.2, 0) is 6.42 Å². The van der Waals surface area contributed by atoms with Gasteiger partial charge in [-0.15, -0.1) is 0 Å². The van der Waals surface area contributed by atoms with Crippen LogP contribution in [0.3, 0.4) is 0 Å². The lowest BCUT2D eigenvalue weighted by atomic mass is 9.86. The van der Waals surface area contributed by atoms with Crippen molar-refractivity contribution in [2.24, 2.45) is 5.92 Å². The highest BCUT2D eigenvalue weighted by molar-refractivity contribution is 9.10. The maximum absolute atomic E-state index is 4.48. The molecule has 0 amide bonds. The summed E-state index contributed by atoms with van der Waals surface area (Å²) in [6, 6.07) is 6.21. The molecule has 1 aliphatic carbocycles. The van der Waals surface area contributed by atoms with E-state index in [1.807, 2.05) is 6.07 Å². The van der Waals surface area contributed by atoms with Gasteiger partial charge in [0.25, 0.3) is 0 Å². The molecule has 0 spiro atoms. The summed E-state index contributed by atoms with van der Waals surface area (Å²) < 4.78 is 0.964. The van der Waals surface area contributed by atoms with E-state index >= 15 is 0 Å². The summed E-state index contributed by atoms with van der Waals surface area (Å²) in [4.78, 5) is 4.48. The van der Waals surface area contributed by atoms with Gasteiger partial charge in [-0.1, -0.05) is 38.2 Å². The van der Waals surface area contributed by atoms with E-state index in [4.69, 9.17) is 0 Å². The second kappa shape index (κ2) is 4.92. The minimum absolute atomic E-state index is 0.880. The second-order valence-electron chi connectivity index (χ2n) is 4.16. The molecular formula is C12H16BrN. The third-order valence-electron chi connectivity index (χ3n) is 3.00. The van der Waals surface area contributed by atoms with Gasteiger partial charge in [-0.25, -0.2) is 4.98 Å². The maximum atomic E-state index is 4.48.